The van der Waals surface area contributed by atoms with Crippen molar-refractivity contribution >= 4 is 42.4 Å². The van der Waals surface area contributed by atoms with Crippen molar-refractivity contribution < 1.29 is 13.2 Å². The highest BCUT2D eigenvalue weighted by molar-refractivity contribution is 7.91. The van der Waals surface area contributed by atoms with Crippen LogP contribution in [-0.2, 0) is 14.6 Å². The summed E-state index contributed by atoms with van der Waals surface area (Å²) >= 11 is 1.45. The van der Waals surface area contributed by atoms with Gasteiger partial charge < -0.3 is 0 Å². The van der Waals surface area contributed by atoms with Crippen LogP contribution >= 0.6 is 11.3 Å². The number of carbonyl (C=O) groups is 1. The standard InChI is InChI=1S/C19H21N3O3S2/c1-12-4-8-15(9-5-12)27(24,25)11-10-16(23)21-22-19-20-17-13(2)6-7-14(3)18(17)26-19/h4-9H,10-11H2,1-3H3,(H,20,22)(H,21,23). The zero-order chi connectivity index (χ0) is 19.6. The summed E-state index contributed by atoms with van der Waals surface area (Å²) in [6.07, 6.45) is -0.133. The van der Waals surface area contributed by atoms with Gasteiger partial charge >= 0.3 is 0 Å². The van der Waals surface area contributed by atoms with Gasteiger partial charge in [0.05, 0.1) is 20.9 Å². The molecule has 1 heterocycles. The van der Waals surface area contributed by atoms with Gasteiger partial charge in [-0.25, -0.2) is 13.4 Å². The summed E-state index contributed by atoms with van der Waals surface area (Å²) in [5.41, 5.74) is 9.38. The van der Waals surface area contributed by atoms with Crippen molar-refractivity contribution in [2.24, 2.45) is 0 Å². The van der Waals surface area contributed by atoms with Crippen LogP contribution in [0.3, 0.4) is 0 Å². The van der Waals surface area contributed by atoms with Crippen molar-refractivity contribution in [2.75, 3.05) is 11.2 Å². The zero-order valence-electron chi connectivity index (χ0n) is 15.4. The molecule has 142 valence electrons. The highest BCUT2D eigenvalue weighted by Gasteiger charge is 2.16. The average molecular weight is 404 g/mol. The molecule has 6 nitrogen and oxygen atoms in total. The molecule has 0 saturated carbocycles. The Morgan fingerprint density at radius 2 is 1.70 bits per heavy atom. The van der Waals surface area contributed by atoms with Gasteiger partial charge in [0, 0.05) is 6.42 Å². The SMILES string of the molecule is Cc1ccc(S(=O)(=O)CCC(=O)NNc2nc3c(C)ccc(C)c3s2)cc1. The van der Waals surface area contributed by atoms with E-state index in [4.69, 9.17) is 0 Å². The number of nitrogens with zero attached hydrogens (tertiary/aromatic N) is 1. The lowest BCUT2D eigenvalue weighted by Crippen LogP contribution is -2.30. The Morgan fingerprint density at radius 3 is 2.37 bits per heavy atom. The Morgan fingerprint density at radius 1 is 1.04 bits per heavy atom. The number of sulfone groups is 1. The van der Waals surface area contributed by atoms with Gasteiger partial charge in [0.1, 0.15) is 0 Å². The predicted octanol–water partition coefficient (Wildman–Crippen LogP) is 3.53. The van der Waals surface area contributed by atoms with Gasteiger partial charge in [-0.2, -0.15) is 0 Å². The number of thiazole rings is 1. The van der Waals surface area contributed by atoms with Crippen LogP contribution in [0.2, 0.25) is 0 Å². The smallest absolute Gasteiger partial charge is 0.239 e. The van der Waals surface area contributed by atoms with Gasteiger partial charge in [-0.15, -0.1) is 0 Å². The Balaban J connectivity index is 1.59. The monoisotopic (exact) mass is 403 g/mol. The number of hydrogen-bond acceptors (Lipinski definition) is 6. The van der Waals surface area contributed by atoms with E-state index in [1.165, 1.54) is 11.3 Å². The molecule has 8 heteroatoms. The van der Waals surface area contributed by atoms with Crippen molar-refractivity contribution in [3.05, 3.63) is 53.1 Å². The predicted molar refractivity (Wildman–Crippen MR) is 109 cm³/mol. The van der Waals surface area contributed by atoms with Crippen molar-refractivity contribution in [3.8, 4) is 0 Å². The Hall–Kier alpha value is -2.45. The summed E-state index contributed by atoms with van der Waals surface area (Å²) in [6.45, 7) is 5.89. The second-order valence-corrected chi connectivity index (χ2v) is 9.56. The average Bonchev–Trinajstić information content (AvgIpc) is 3.07. The lowest BCUT2D eigenvalue weighted by atomic mass is 10.1. The molecule has 0 bridgehead atoms. The molecule has 0 radical (unpaired) electrons. The van der Waals surface area contributed by atoms with E-state index >= 15 is 0 Å². The summed E-state index contributed by atoms with van der Waals surface area (Å²) in [6, 6.07) is 10.7. The number of amides is 1. The molecule has 0 aliphatic heterocycles. The van der Waals surface area contributed by atoms with Crippen LogP contribution in [0.5, 0.6) is 0 Å². The number of rotatable bonds is 6. The molecular formula is C19H21N3O3S2. The Bertz CT molecular complexity index is 1050. The van der Waals surface area contributed by atoms with E-state index in [0.29, 0.717) is 5.13 Å². The highest BCUT2D eigenvalue weighted by atomic mass is 32.2. The van der Waals surface area contributed by atoms with Gasteiger partial charge in [0.15, 0.2) is 9.84 Å². The first-order valence-electron chi connectivity index (χ1n) is 8.47. The van der Waals surface area contributed by atoms with Crippen molar-refractivity contribution in [1.82, 2.24) is 10.4 Å². The van der Waals surface area contributed by atoms with Crippen LogP contribution in [0.25, 0.3) is 10.2 Å². The second kappa shape index (κ2) is 7.66. The summed E-state index contributed by atoms with van der Waals surface area (Å²) in [4.78, 5) is 16.7. The van der Waals surface area contributed by atoms with Crippen molar-refractivity contribution in [1.29, 1.82) is 0 Å². The molecule has 1 aromatic heterocycles. The van der Waals surface area contributed by atoms with Crippen LogP contribution in [0.1, 0.15) is 23.1 Å². The molecule has 0 aliphatic rings. The quantitative estimate of drug-likeness (QED) is 0.615. The lowest BCUT2D eigenvalue weighted by Gasteiger charge is -2.07. The number of nitrogens with one attached hydrogen (secondary N) is 2. The number of benzene rings is 2. The van der Waals surface area contributed by atoms with Crippen LogP contribution in [0.15, 0.2) is 41.3 Å². The molecule has 0 saturated heterocycles. The zero-order valence-corrected chi connectivity index (χ0v) is 17.0. The Labute approximate surface area is 162 Å². The van der Waals surface area contributed by atoms with E-state index in [1.807, 2.05) is 32.9 Å². The van der Waals surface area contributed by atoms with E-state index in [9.17, 15) is 13.2 Å². The first-order chi connectivity index (χ1) is 12.8. The van der Waals surface area contributed by atoms with E-state index in [0.717, 1.165) is 26.9 Å². The molecule has 0 unspecified atom stereocenters. The second-order valence-electron chi connectivity index (χ2n) is 6.45. The van der Waals surface area contributed by atoms with Crippen LogP contribution < -0.4 is 10.9 Å². The number of carbonyl (C=O) groups excluding carboxylic acids is 1. The number of aryl methyl sites for hydroxylation is 3. The molecule has 3 aromatic rings. The minimum Gasteiger partial charge on any atom is -0.273 e. The molecule has 0 atom stereocenters. The highest BCUT2D eigenvalue weighted by Crippen LogP contribution is 2.30. The molecular weight excluding hydrogens is 382 g/mol. The Kier molecular flexibility index (Phi) is 5.48. The molecule has 3 rings (SSSR count). The lowest BCUT2D eigenvalue weighted by molar-refractivity contribution is -0.120. The topological polar surface area (TPSA) is 88.2 Å². The van der Waals surface area contributed by atoms with Gasteiger partial charge in [-0.3, -0.25) is 15.6 Å². The summed E-state index contributed by atoms with van der Waals surface area (Å²) in [5.74, 6) is -0.653. The van der Waals surface area contributed by atoms with Crippen LogP contribution in [0.4, 0.5) is 5.13 Å². The van der Waals surface area contributed by atoms with Crippen LogP contribution in [0, 0.1) is 20.8 Å². The maximum Gasteiger partial charge on any atom is 0.239 e. The van der Waals surface area contributed by atoms with Gasteiger partial charge in [0.2, 0.25) is 11.0 Å². The maximum atomic E-state index is 12.3. The van der Waals surface area contributed by atoms with E-state index in [1.54, 1.807) is 24.3 Å². The normalized spacial score (nSPS) is 11.5. The van der Waals surface area contributed by atoms with E-state index < -0.39 is 15.7 Å². The van der Waals surface area contributed by atoms with E-state index in [2.05, 4.69) is 15.8 Å². The largest absolute Gasteiger partial charge is 0.273 e. The summed E-state index contributed by atoms with van der Waals surface area (Å²) < 4.78 is 25.7. The number of anilines is 1. The number of fused-ring (bicyclic) bond motifs is 1. The number of hydrogen-bond donors (Lipinski definition) is 2. The van der Waals surface area contributed by atoms with Gasteiger partial charge in [0.25, 0.3) is 0 Å². The molecule has 2 aromatic carbocycles. The minimum atomic E-state index is -3.49. The third kappa shape index (κ3) is 4.45. The van der Waals surface area contributed by atoms with E-state index in [-0.39, 0.29) is 17.1 Å². The minimum absolute atomic E-state index is 0.133. The third-order valence-corrected chi connectivity index (χ3v) is 7.07. The summed E-state index contributed by atoms with van der Waals surface area (Å²) in [7, 11) is -3.49. The van der Waals surface area contributed by atoms with Gasteiger partial charge in [-0.1, -0.05) is 41.2 Å². The summed E-state index contributed by atoms with van der Waals surface area (Å²) in [5, 5.41) is 0.567. The van der Waals surface area contributed by atoms with Gasteiger partial charge in [-0.05, 0) is 44.0 Å². The molecule has 0 aliphatic carbocycles. The molecule has 27 heavy (non-hydrogen) atoms. The fraction of sp³-hybridized carbons (Fsp3) is 0.263. The molecule has 0 fully saturated rings. The molecule has 0 spiro atoms. The van der Waals surface area contributed by atoms with Crippen LogP contribution in [-0.4, -0.2) is 25.1 Å². The number of hydrazine groups is 1. The fourth-order valence-corrected chi connectivity index (χ4v) is 4.79. The van der Waals surface area contributed by atoms with Crippen molar-refractivity contribution in [3.63, 3.8) is 0 Å². The molecule has 2 N–H and O–H groups in total. The fourth-order valence-electron chi connectivity index (χ4n) is 2.59. The first-order valence-corrected chi connectivity index (χ1v) is 10.9. The maximum absolute atomic E-state index is 12.3. The molecule has 1 amide bonds. The third-order valence-electron chi connectivity index (χ3n) is 4.23. The first kappa shape index (κ1) is 19.3. The van der Waals surface area contributed by atoms with Crippen molar-refractivity contribution in [2.45, 2.75) is 32.1 Å². The number of aromatic nitrogens is 1.